The Morgan fingerprint density at radius 3 is 1.88 bits per heavy atom. The van der Waals surface area contributed by atoms with Gasteiger partial charge in [-0.15, -0.1) is 5.01 Å². The lowest BCUT2D eigenvalue weighted by Crippen LogP contribution is -2.49. The van der Waals surface area contributed by atoms with Crippen LogP contribution >= 0.6 is 0 Å². The smallest absolute Gasteiger partial charge is 0.434 e. The van der Waals surface area contributed by atoms with Gasteiger partial charge in [-0.25, -0.2) is 15.2 Å². The predicted molar refractivity (Wildman–Crippen MR) is 228 cm³/mol. The highest BCUT2D eigenvalue weighted by Crippen LogP contribution is 2.51. The monoisotopic (exact) mass is 752 g/mol. The van der Waals surface area contributed by atoms with Crippen LogP contribution in [-0.4, -0.2) is 27.8 Å². The van der Waals surface area contributed by atoms with E-state index in [2.05, 4.69) is 133 Å². The molecular formula is C49H48N6O2. The molecule has 8 nitrogen and oxygen atoms in total. The Kier molecular flexibility index (Phi) is 10.2. The first-order valence-electron chi connectivity index (χ1n) is 19.5. The highest BCUT2D eigenvalue weighted by atomic mass is 16.6. The Bertz CT molecular complexity index is 2290. The number of fused-ring (bicyclic) bond motifs is 1. The first-order valence-corrected chi connectivity index (χ1v) is 19.5. The second-order valence-corrected chi connectivity index (χ2v) is 15.6. The van der Waals surface area contributed by atoms with Crippen molar-refractivity contribution in [2.45, 2.75) is 64.5 Å². The summed E-state index contributed by atoms with van der Waals surface area (Å²) in [5, 5.41) is 15.2. The summed E-state index contributed by atoms with van der Waals surface area (Å²) in [6, 6.07) is 54.4. The van der Waals surface area contributed by atoms with Gasteiger partial charge in [0.1, 0.15) is 11.1 Å². The van der Waals surface area contributed by atoms with Gasteiger partial charge in [0.05, 0.1) is 11.7 Å². The SMILES string of the molecule is Cc1cccc2c1N(NCc1ccc(-c3ccccc3C3N(C(=O)OC(C)(C)C)N=NN3C(c3ccccc3)(c3ccccc3)c3ccccc3)cc1)C(C)C=C2. The van der Waals surface area contributed by atoms with E-state index >= 15 is 0 Å². The highest BCUT2D eigenvalue weighted by molar-refractivity contribution is 5.75. The number of aryl methyl sites for hydroxylation is 1. The zero-order valence-corrected chi connectivity index (χ0v) is 33.1. The van der Waals surface area contributed by atoms with Crippen molar-refractivity contribution < 1.29 is 9.53 Å². The van der Waals surface area contributed by atoms with E-state index in [0.717, 1.165) is 38.9 Å². The first kappa shape index (κ1) is 37.4. The van der Waals surface area contributed by atoms with Crippen molar-refractivity contribution in [1.29, 1.82) is 0 Å². The number of carbonyl (C=O) groups is 1. The van der Waals surface area contributed by atoms with E-state index in [0.29, 0.717) is 6.54 Å². The maximum Gasteiger partial charge on any atom is 0.434 e. The first-order chi connectivity index (χ1) is 27.6. The minimum absolute atomic E-state index is 0.206. The number of nitrogens with one attached hydrogen (secondary N) is 1. The van der Waals surface area contributed by atoms with Crippen LogP contribution in [-0.2, 0) is 16.8 Å². The van der Waals surface area contributed by atoms with E-state index in [1.807, 2.05) is 92.5 Å². The van der Waals surface area contributed by atoms with Gasteiger partial charge in [-0.2, -0.15) is 0 Å². The summed E-state index contributed by atoms with van der Waals surface area (Å²) >= 11 is 0. The molecule has 0 aromatic heterocycles. The van der Waals surface area contributed by atoms with Crippen LogP contribution in [0.15, 0.2) is 174 Å². The highest BCUT2D eigenvalue weighted by Gasteiger charge is 2.52. The largest absolute Gasteiger partial charge is 0.442 e. The number of benzene rings is 6. The summed E-state index contributed by atoms with van der Waals surface area (Å²) in [5.41, 5.74) is 12.5. The van der Waals surface area contributed by atoms with Crippen LogP contribution in [0.2, 0.25) is 0 Å². The lowest BCUT2D eigenvalue weighted by Gasteiger charge is -2.45. The molecular weight excluding hydrogens is 705 g/mol. The molecule has 0 saturated heterocycles. The number of hydrogen-bond acceptors (Lipinski definition) is 7. The Hall–Kier alpha value is -6.51. The Morgan fingerprint density at radius 1 is 0.702 bits per heavy atom. The second kappa shape index (κ2) is 15.6. The lowest BCUT2D eigenvalue weighted by molar-refractivity contribution is -0.00517. The Morgan fingerprint density at radius 2 is 1.28 bits per heavy atom. The fourth-order valence-electron chi connectivity index (χ4n) is 8.05. The van der Waals surface area contributed by atoms with Crippen LogP contribution in [0.4, 0.5) is 10.5 Å². The molecule has 6 aromatic rings. The van der Waals surface area contributed by atoms with Crippen LogP contribution in [0, 0.1) is 6.92 Å². The minimum atomic E-state index is -1.00. The Balaban J connectivity index is 1.22. The minimum Gasteiger partial charge on any atom is -0.442 e. The second-order valence-electron chi connectivity index (χ2n) is 15.6. The van der Waals surface area contributed by atoms with E-state index in [-0.39, 0.29) is 6.04 Å². The number of anilines is 1. The fourth-order valence-corrected chi connectivity index (χ4v) is 8.05. The van der Waals surface area contributed by atoms with E-state index in [1.54, 1.807) is 0 Å². The molecule has 0 radical (unpaired) electrons. The molecule has 1 N–H and O–H groups in total. The van der Waals surface area contributed by atoms with E-state index in [9.17, 15) is 4.79 Å². The molecule has 0 saturated carbocycles. The van der Waals surface area contributed by atoms with Gasteiger partial charge in [0.25, 0.3) is 0 Å². The average Bonchev–Trinajstić information content (AvgIpc) is 3.67. The molecule has 2 heterocycles. The zero-order chi connectivity index (χ0) is 39.6. The van der Waals surface area contributed by atoms with E-state index in [4.69, 9.17) is 9.96 Å². The molecule has 8 rings (SSSR count). The number of para-hydroxylation sites is 1. The average molecular weight is 753 g/mol. The van der Waals surface area contributed by atoms with Crippen molar-refractivity contribution >= 4 is 17.9 Å². The van der Waals surface area contributed by atoms with Crippen molar-refractivity contribution in [3.8, 4) is 11.1 Å². The molecule has 0 spiro atoms. The third-order valence-electron chi connectivity index (χ3n) is 10.6. The van der Waals surface area contributed by atoms with Gasteiger partial charge in [-0.1, -0.05) is 170 Å². The van der Waals surface area contributed by atoms with Gasteiger partial charge in [0.15, 0.2) is 6.17 Å². The van der Waals surface area contributed by atoms with Gasteiger partial charge in [0.2, 0.25) is 0 Å². The molecule has 2 atom stereocenters. The fraction of sp³-hybridized carbons (Fsp3) is 0.204. The van der Waals surface area contributed by atoms with Crippen molar-refractivity contribution in [2.24, 2.45) is 10.4 Å². The van der Waals surface area contributed by atoms with Crippen LogP contribution in [0.5, 0.6) is 0 Å². The number of hydrazine groups is 1. The van der Waals surface area contributed by atoms with Gasteiger partial charge < -0.3 is 9.75 Å². The number of carbonyl (C=O) groups excluding carboxylic acids is 1. The number of nitrogens with zero attached hydrogens (tertiary/aromatic N) is 5. The molecule has 0 fully saturated rings. The molecule has 57 heavy (non-hydrogen) atoms. The molecule has 6 aromatic carbocycles. The summed E-state index contributed by atoms with van der Waals surface area (Å²) in [5.74, 6) is 0. The third-order valence-corrected chi connectivity index (χ3v) is 10.6. The Labute approximate surface area is 335 Å². The predicted octanol–water partition coefficient (Wildman–Crippen LogP) is 11.4. The van der Waals surface area contributed by atoms with Crippen molar-refractivity contribution in [3.05, 3.63) is 203 Å². The summed E-state index contributed by atoms with van der Waals surface area (Å²) in [4.78, 5) is 14.3. The van der Waals surface area contributed by atoms with Gasteiger partial charge in [-0.3, -0.25) is 0 Å². The summed E-state index contributed by atoms with van der Waals surface area (Å²) in [6.07, 6.45) is 3.05. The van der Waals surface area contributed by atoms with Crippen LogP contribution in [0.1, 0.15) is 72.8 Å². The molecule has 2 unspecified atom stereocenters. The van der Waals surface area contributed by atoms with Crippen molar-refractivity contribution in [1.82, 2.24) is 15.4 Å². The number of ether oxygens (including phenoxy) is 1. The molecule has 1 amide bonds. The number of rotatable bonds is 9. The van der Waals surface area contributed by atoms with E-state index < -0.39 is 23.4 Å². The molecule has 286 valence electrons. The van der Waals surface area contributed by atoms with Crippen LogP contribution in [0.3, 0.4) is 0 Å². The maximum absolute atomic E-state index is 14.3. The lowest BCUT2D eigenvalue weighted by atomic mass is 9.75. The van der Waals surface area contributed by atoms with Crippen molar-refractivity contribution in [2.75, 3.05) is 5.01 Å². The van der Waals surface area contributed by atoms with Gasteiger partial charge in [0, 0.05) is 12.1 Å². The topological polar surface area (TPSA) is 72.8 Å². The molecule has 2 aliphatic rings. The summed E-state index contributed by atoms with van der Waals surface area (Å²) in [7, 11) is 0. The summed E-state index contributed by atoms with van der Waals surface area (Å²) in [6.45, 7) is 10.6. The van der Waals surface area contributed by atoms with Crippen LogP contribution in [0.25, 0.3) is 17.2 Å². The standard InChI is InChI=1S/C49H48N6O2/c1-35-18-17-19-39-31-28-36(2)53(45(35)39)50-34-37-29-32-38(33-30-37)43-26-15-16-27-44(43)46-54(47(56)57-48(3,4)5)51-52-55(46)49(40-20-9-6-10-21-40,41-22-11-7-12-23-41)42-24-13-8-14-25-42/h6-33,36,46,50H,34H2,1-5H3. The van der Waals surface area contributed by atoms with E-state index in [1.165, 1.54) is 21.8 Å². The normalized spacial score (nSPS) is 16.5. The maximum atomic E-state index is 14.3. The molecule has 2 aliphatic heterocycles. The van der Waals surface area contributed by atoms with Gasteiger partial charge in [-0.05, 0) is 89.6 Å². The van der Waals surface area contributed by atoms with Gasteiger partial charge >= 0.3 is 6.09 Å². The molecule has 0 bridgehead atoms. The molecule has 0 aliphatic carbocycles. The number of hydrogen-bond donors (Lipinski definition) is 1. The zero-order valence-electron chi connectivity index (χ0n) is 33.1. The van der Waals surface area contributed by atoms with Crippen LogP contribution < -0.4 is 10.4 Å². The molecule has 8 heteroatoms. The quantitative estimate of drug-likeness (QED) is 0.149. The van der Waals surface area contributed by atoms with Crippen molar-refractivity contribution in [3.63, 3.8) is 0 Å². The number of amides is 1. The third kappa shape index (κ3) is 7.20. The summed E-state index contributed by atoms with van der Waals surface area (Å²) < 4.78 is 6.02.